The van der Waals surface area contributed by atoms with Gasteiger partial charge >= 0.3 is 17.6 Å². The molecule has 1 fully saturated rings. The number of H-pyrrole nitrogens is 1. The summed E-state index contributed by atoms with van der Waals surface area (Å²) in [6, 6.07) is -1.39. The van der Waals surface area contributed by atoms with E-state index in [1.54, 1.807) is 0 Å². The maximum absolute atomic E-state index is 12.5. The van der Waals surface area contributed by atoms with Crippen LogP contribution >= 0.6 is 0 Å². The van der Waals surface area contributed by atoms with Gasteiger partial charge in [0.25, 0.3) is 5.91 Å². The number of aromatic amines is 1. The first-order valence-corrected chi connectivity index (χ1v) is 8.82. The molecule has 174 valence electrons. The zero-order valence-electron chi connectivity index (χ0n) is 16.5. The molecule has 1 saturated heterocycles. The molecule has 3 rings (SSSR count). The molecular weight excluding hydrogens is 436 g/mol. The van der Waals surface area contributed by atoms with Gasteiger partial charge in [-0.25, -0.2) is 14.9 Å². The van der Waals surface area contributed by atoms with Crippen LogP contribution in [0.3, 0.4) is 0 Å². The molecule has 10 N–H and O–H groups in total. The average Bonchev–Trinajstić information content (AvgIpc) is 3.07. The van der Waals surface area contributed by atoms with Crippen molar-refractivity contribution in [2.45, 2.75) is 36.4 Å². The molecule has 2 unspecified atom stereocenters. The Kier molecular flexibility index (Phi) is 5.09. The summed E-state index contributed by atoms with van der Waals surface area (Å²) in [5.74, 6) is -20.7. The first kappa shape index (κ1) is 23.5. The number of aromatic nitrogens is 3. The number of likely N-dealkylation sites (N-methyl/N-ethyl adjacent to an activating group) is 1. The van der Waals surface area contributed by atoms with E-state index in [-0.39, 0.29) is 22.6 Å². The molecule has 32 heavy (non-hydrogen) atoms. The maximum Gasteiger partial charge on any atom is 0.336 e. The quantitative estimate of drug-likeness (QED) is 0.153. The highest BCUT2D eigenvalue weighted by Gasteiger charge is 2.74. The summed E-state index contributed by atoms with van der Waals surface area (Å²) in [6.07, 6.45) is 2.14. The van der Waals surface area contributed by atoms with Crippen LogP contribution in [0.15, 0.2) is 12.5 Å². The van der Waals surface area contributed by atoms with Gasteiger partial charge in [-0.15, -0.1) is 0 Å². The van der Waals surface area contributed by atoms with E-state index in [4.69, 9.17) is 5.26 Å². The minimum absolute atomic E-state index is 0.0575. The van der Waals surface area contributed by atoms with Crippen molar-refractivity contribution in [2.75, 3.05) is 11.9 Å². The second-order valence-corrected chi connectivity index (χ2v) is 7.41. The Morgan fingerprint density at radius 2 is 1.84 bits per heavy atom. The van der Waals surface area contributed by atoms with Crippen molar-refractivity contribution < 1.29 is 50.8 Å². The monoisotopic (exact) mass is 456 g/mol. The number of anilines is 1. The lowest BCUT2D eigenvalue weighted by Crippen LogP contribution is -2.86. The minimum Gasteiger partial charge on any atom is -0.506 e. The molecule has 0 spiro atoms. The van der Waals surface area contributed by atoms with Gasteiger partial charge in [-0.3, -0.25) is 4.79 Å². The van der Waals surface area contributed by atoms with E-state index in [1.165, 1.54) is 0 Å². The molecule has 2 aromatic rings. The molecule has 2 aromatic heterocycles. The van der Waals surface area contributed by atoms with Gasteiger partial charge in [-0.2, -0.15) is 5.26 Å². The van der Waals surface area contributed by atoms with Crippen molar-refractivity contribution >= 4 is 22.8 Å². The second-order valence-electron chi connectivity index (χ2n) is 7.41. The number of nitrogens with one attached hydrogen (secondary N) is 1. The summed E-state index contributed by atoms with van der Waals surface area (Å²) in [7, 11) is 1.12. The van der Waals surface area contributed by atoms with Crippen LogP contribution in [-0.2, 0) is 4.79 Å². The van der Waals surface area contributed by atoms with Gasteiger partial charge in [0.2, 0.25) is 5.79 Å². The topological polar surface area (TPSA) is 271 Å². The lowest BCUT2D eigenvalue weighted by atomic mass is 9.80. The summed E-state index contributed by atoms with van der Waals surface area (Å²) in [6.45, 7) is 0.941. The number of fused-ring (bicyclic) bond motifs is 1. The zero-order valence-corrected chi connectivity index (χ0v) is 16.5. The molecule has 0 aromatic carbocycles. The van der Waals surface area contributed by atoms with Gasteiger partial charge in [0.05, 0.1) is 0 Å². The SMILES string of the molecule is CC1C(N(C)c2ncnc3[nH]cc(O)c23)C(O)(O)N(C(=O)C(O)(O)C#N)C(O)(O)C1(O)O. The van der Waals surface area contributed by atoms with Gasteiger partial charge < -0.3 is 55.8 Å². The van der Waals surface area contributed by atoms with Gasteiger partial charge in [-0.1, -0.05) is 6.92 Å². The molecule has 16 heteroatoms. The van der Waals surface area contributed by atoms with Crippen molar-refractivity contribution in [3.63, 3.8) is 0 Å². The van der Waals surface area contributed by atoms with Crippen molar-refractivity contribution in [1.29, 1.82) is 5.26 Å². The van der Waals surface area contributed by atoms with Crippen LogP contribution < -0.4 is 4.90 Å². The van der Waals surface area contributed by atoms with Gasteiger partial charge in [-0.05, 0) is 0 Å². The molecule has 1 amide bonds. The first-order valence-electron chi connectivity index (χ1n) is 8.82. The van der Waals surface area contributed by atoms with Gasteiger partial charge in [0, 0.05) is 19.2 Å². The molecule has 0 radical (unpaired) electrons. The summed E-state index contributed by atoms with van der Waals surface area (Å²) in [4.78, 5) is 22.8. The van der Waals surface area contributed by atoms with Crippen LogP contribution in [0, 0.1) is 17.2 Å². The molecule has 0 aliphatic carbocycles. The normalized spacial score (nSPS) is 24.2. The number of hydrogen-bond acceptors (Lipinski definition) is 14. The van der Waals surface area contributed by atoms with E-state index in [9.17, 15) is 50.8 Å². The number of hydrogen-bond donors (Lipinski definition) is 10. The van der Waals surface area contributed by atoms with Crippen LogP contribution in [-0.4, -0.2) is 108 Å². The Morgan fingerprint density at radius 3 is 2.41 bits per heavy atom. The number of carbonyl (C=O) groups is 1. The molecule has 0 bridgehead atoms. The van der Waals surface area contributed by atoms with E-state index in [1.807, 2.05) is 0 Å². The van der Waals surface area contributed by atoms with Crippen LogP contribution in [0.5, 0.6) is 5.75 Å². The number of amides is 1. The van der Waals surface area contributed by atoms with Crippen LogP contribution in [0.1, 0.15) is 6.92 Å². The number of rotatable bonds is 3. The van der Waals surface area contributed by atoms with E-state index in [0.29, 0.717) is 6.07 Å². The Balaban J connectivity index is 2.24. The standard InChI is InChI=1S/C16H20N6O10/c1-6-9(21(2)11-8-7(23)3-18-10(8)19-5-20-11)15(29,30)22(12(24)13(25,26)4-17)16(31,32)14(6,27)28/h3,5-6,9,23,25-32H,1-2H3,(H,18,19,20). The van der Waals surface area contributed by atoms with Crippen molar-refractivity contribution in [3.05, 3.63) is 12.5 Å². The van der Waals surface area contributed by atoms with E-state index < -0.39 is 46.2 Å². The zero-order chi connectivity index (χ0) is 24.4. The molecule has 3 heterocycles. The summed E-state index contributed by atoms with van der Waals surface area (Å²) in [5, 5.41) is 101. The third-order valence-electron chi connectivity index (χ3n) is 5.48. The molecule has 2 atom stereocenters. The van der Waals surface area contributed by atoms with E-state index in [0.717, 1.165) is 31.4 Å². The predicted molar refractivity (Wildman–Crippen MR) is 98.0 cm³/mol. The molecule has 0 saturated carbocycles. The van der Waals surface area contributed by atoms with Crippen LogP contribution in [0.4, 0.5) is 5.82 Å². The number of nitriles is 1. The number of piperidine rings is 1. The van der Waals surface area contributed by atoms with Crippen LogP contribution in [0.25, 0.3) is 11.0 Å². The lowest BCUT2D eigenvalue weighted by molar-refractivity contribution is -0.497. The van der Waals surface area contributed by atoms with Crippen molar-refractivity contribution in [3.8, 4) is 11.8 Å². The molecule has 16 nitrogen and oxygen atoms in total. The number of aromatic hydroxyl groups is 1. The number of likely N-dealkylation sites (tertiary alicyclic amines) is 1. The molecular formula is C16H20N6O10. The highest BCUT2D eigenvalue weighted by atomic mass is 16.6. The Bertz CT molecular complexity index is 1110. The number of aliphatic hydroxyl groups is 8. The fraction of sp³-hybridized carbons (Fsp3) is 0.500. The molecule has 1 aliphatic rings. The lowest BCUT2D eigenvalue weighted by Gasteiger charge is -2.59. The highest BCUT2D eigenvalue weighted by molar-refractivity contribution is 5.93. The fourth-order valence-corrected chi connectivity index (χ4v) is 3.81. The van der Waals surface area contributed by atoms with Crippen LogP contribution in [0.2, 0.25) is 0 Å². The number of carbonyl (C=O) groups excluding carboxylic acids is 1. The third kappa shape index (κ3) is 2.96. The predicted octanol–water partition coefficient (Wildman–Crippen LogP) is -4.89. The van der Waals surface area contributed by atoms with Gasteiger partial charge in [0.1, 0.15) is 41.0 Å². The van der Waals surface area contributed by atoms with Crippen molar-refractivity contribution in [2.24, 2.45) is 5.92 Å². The summed E-state index contributed by atoms with van der Waals surface area (Å²) >= 11 is 0. The smallest absolute Gasteiger partial charge is 0.336 e. The largest absolute Gasteiger partial charge is 0.506 e. The Labute approximate surface area is 178 Å². The maximum atomic E-state index is 12.5. The average molecular weight is 456 g/mol. The van der Waals surface area contributed by atoms with E-state index >= 15 is 0 Å². The Morgan fingerprint density at radius 1 is 1.25 bits per heavy atom. The first-order chi connectivity index (χ1) is 14.5. The Hall–Kier alpha value is -3.14. The summed E-state index contributed by atoms with van der Waals surface area (Å²) < 4.78 is 0. The van der Waals surface area contributed by atoms with Crippen molar-refractivity contribution in [1.82, 2.24) is 19.9 Å². The van der Waals surface area contributed by atoms with E-state index in [2.05, 4.69) is 15.0 Å². The fourth-order valence-electron chi connectivity index (χ4n) is 3.81. The van der Waals surface area contributed by atoms with Gasteiger partial charge in [0.15, 0.2) is 0 Å². The highest BCUT2D eigenvalue weighted by Crippen LogP contribution is 2.46. The minimum atomic E-state index is -4.23. The second kappa shape index (κ2) is 6.93. The number of nitrogens with zero attached hydrogens (tertiary/aromatic N) is 5. The summed E-state index contributed by atoms with van der Waals surface area (Å²) in [5.41, 5.74) is 0.0874. The third-order valence-corrected chi connectivity index (χ3v) is 5.48. The molecule has 1 aliphatic heterocycles.